The molecule has 0 N–H and O–H groups in total. The van der Waals surface area contributed by atoms with Crippen LogP contribution >= 0.6 is 5.61 Å². The molecule has 0 aromatic heterocycles. The van der Waals surface area contributed by atoms with Gasteiger partial charge in [0.1, 0.15) is 0 Å². The van der Waals surface area contributed by atoms with E-state index < -0.39 is 5.61 Å². The predicted octanol–water partition coefficient (Wildman–Crippen LogP) is 5.82. The summed E-state index contributed by atoms with van der Waals surface area (Å²) in [4.78, 5) is 0. The summed E-state index contributed by atoms with van der Waals surface area (Å²) in [6.45, 7) is 0. The van der Waals surface area contributed by atoms with Gasteiger partial charge in [-0.1, -0.05) is 0 Å². The van der Waals surface area contributed by atoms with Gasteiger partial charge in [-0.3, -0.25) is 0 Å². The van der Waals surface area contributed by atoms with Crippen molar-refractivity contribution in [3.8, 4) is 22.6 Å². The van der Waals surface area contributed by atoms with Crippen LogP contribution in [0.3, 0.4) is 0 Å². The summed E-state index contributed by atoms with van der Waals surface area (Å²) in [6, 6.07) is 24.8. The first-order valence-corrected chi connectivity index (χ1v) is 12.7. The van der Waals surface area contributed by atoms with E-state index in [1.165, 1.54) is 10.8 Å². The van der Waals surface area contributed by atoms with Crippen LogP contribution in [0.5, 0.6) is 11.5 Å². The summed E-state index contributed by atoms with van der Waals surface area (Å²) in [7, 11) is 0. The molecule has 5 rings (SSSR count). The molecule has 122 valence electrons. The van der Waals surface area contributed by atoms with Crippen LogP contribution in [0.1, 0.15) is 0 Å². The van der Waals surface area contributed by atoms with Crippen LogP contribution in [-0.4, -0.2) is 15.6 Å². The van der Waals surface area contributed by atoms with Crippen molar-refractivity contribution in [2.24, 2.45) is 0 Å². The Hall–Kier alpha value is -1.70. The number of rotatable bonds is 0. The van der Waals surface area contributed by atoms with Crippen LogP contribution in [0.2, 0.25) is 0 Å². The van der Waals surface area contributed by atoms with Gasteiger partial charge in [-0.25, -0.2) is 0 Å². The molecule has 0 fully saturated rings. The van der Waals surface area contributed by atoms with Crippen molar-refractivity contribution in [2.45, 2.75) is 0 Å². The topological polar surface area (TPSA) is 18.5 Å². The molecule has 25 heavy (non-hydrogen) atoms. The molecule has 0 saturated carbocycles. The second kappa shape index (κ2) is 5.65. The van der Waals surface area contributed by atoms with E-state index in [2.05, 4.69) is 52.0 Å². The SMILES string of the molecule is [S-][P+]1([Se-])Oc2ccc3ccccc3c2-c2c(ccc3ccccc23)O1. The predicted molar refractivity (Wildman–Crippen MR) is 108 cm³/mol. The van der Waals surface area contributed by atoms with Gasteiger partial charge < -0.3 is 0 Å². The first kappa shape index (κ1) is 15.5. The van der Waals surface area contributed by atoms with Gasteiger partial charge in [0.2, 0.25) is 0 Å². The van der Waals surface area contributed by atoms with Crippen LogP contribution in [-0.2, 0) is 12.2 Å². The van der Waals surface area contributed by atoms with Gasteiger partial charge in [-0.15, -0.1) is 0 Å². The summed E-state index contributed by atoms with van der Waals surface area (Å²) in [5.41, 5.74) is -0.446. The molecule has 0 aliphatic carbocycles. The Balaban J connectivity index is 2.00. The normalized spacial score (nSPS) is 15.0. The van der Waals surface area contributed by atoms with Crippen molar-refractivity contribution in [2.75, 3.05) is 0 Å². The molecule has 4 aromatic rings. The molecule has 0 atom stereocenters. The summed E-state index contributed by atoms with van der Waals surface area (Å²) in [5, 5.41) is 4.61. The Morgan fingerprint density at radius 2 is 1.08 bits per heavy atom. The third-order valence-corrected chi connectivity index (χ3v) is 6.68. The van der Waals surface area contributed by atoms with Gasteiger partial charge in [-0.05, 0) is 0 Å². The maximum atomic E-state index is 6.13. The number of fused-ring (bicyclic) bond motifs is 7. The van der Waals surface area contributed by atoms with E-state index >= 15 is 0 Å². The van der Waals surface area contributed by atoms with Gasteiger partial charge in [0.15, 0.2) is 0 Å². The molecule has 1 aliphatic rings. The Kier molecular flexibility index (Phi) is 3.52. The van der Waals surface area contributed by atoms with Crippen LogP contribution in [0.15, 0.2) is 72.8 Å². The van der Waals surface area contributed by atoms with Gasteiger partial charge in [0, 0.05) is 0 Å². The minimum absolute atomic E-state index is 0.774. The molecule has 5 heteroatoms. The van der Waals surface area contributed by atoms with Crippen molar-refractivity contribution in [3.05, 3.63) is 72.8 Å². The second-order valence-corrected chi connectivity index (χ2v) is 13.2. The zero-order valence-corrected chi connectivity index (χ0v) is 16.4. The first-order chi connectivity index (χ1) is 12.1. The van der Waals surface area contributed by atoms with E-state index in [0.29, 0.717) is 0 Å². The van der Waals surface area contributed by atoms with E-state index in [1.807, 2.05) is 36.4 Å². The molecule has 0 spiro atoms. The van der Waals surface area contributed by atoms with Crippen LogP contribution in [0, 0.1) is 0 Å². The standard InChI is InChI=1S/C20H13O2PSSe/c24-23(25)21-17-11-9-13-5-1-3-7-15(13)19(17)20-16-8-4-2-6-14(16)10-12-18(20)22-23/h1-12H,(H,24,25)/p-1. The number of hydrogen-bond acceptors (Lipinski definition) is 3. The second-order valence-electron chi connectivity index (χ2n) is 5.95. The Bertz CT molecular complexity index is 1050. The Morgan fingerprint density at radius 3 is 1.56 bits per heavy atom. The summed E-state index contributed by atoms with van der Waals surface area (Å²) >= 11 is 8.55. The number of benzene rings is 4. The van der Waals surface area contributed by atoms with Gasteiger partial charge >= 0.3 is 159 Å². The van der Waals surface area contributed by atoms with Crippen molar-refractivity contribution in [1.29, 1.82) is 0 Å². The number of hydrogen-bond donors (Lipinski definition) is 0. The van der Waals surface area contributed by atoms with Crippen molar-refractivity contribution >= 4 is 55.0 Å². The molecular formula is C20H12O2PSSe-. The summed E-state index contributed by atoms with van der Waals surface area (Å²) < 4.78 is 12.3. The fraction of sp³-hybridized carbons (Fsp3) is 0. The Labute approximate surface area is 159 Å². The molecule has 1 heterocycles. The van der Waals surface area contributed by atoms with E-state index in [0.717, 1.165) is 33.4 Å². The molecule has 0 radical (unpaired) electrons. The van der Waals surface area contributed by atoms with Crippen LogP contribution < -0.4 is 9.05 Å². The fourth-order valence-corrected chi connectivity index (χ4v) is 5.75. The Morgan fingerprint density at radius 1 is 0.640 bits per heavy atom. The summed E-state index contributed by atoms with van der Waals surface area (Å²) in [6.07, 6.45) is 0. The molecule has 1 aliphatic heterocycles. The van der Waals surface area contributed by atoms with E-state index in [1.54, 1.807) is 0 Å². The maximum absolute atomic E-state index is 6.13. The fourth-order valence-electron chi connectivity index (χ4n) is 3.43. The van der Waals surface area contributed by atoms with Crippen molar-refractivity contribution in [1.82, 2.24) is 0 Å². The van der Waals surface area contributed by atoms with Crippen molar-refractivity contribution in [3.63, 3.8) is 0 Å². The zero-order chi connectivity index (χ0) is 17.0. The minimum atomic E-state index is -2.54. The first-order valence-electron chi connectivity index (χ1n) is 7.86. The molecule has 4 aromatic carbocycles. The average Bonchev–Trinajstić information content (AvgIpc) is 2.73. The zero-order valence-electron chi connectivity index (χ0n) is 13.0. The monoisotopic (exact) mass is 427 g/mol. The third-order valence-electron chi connectivity index (χ3n) is 4.45. The van der Waals surface area contributed by atoms with E-state index in [4.69, 9.17) is 21.3 Å². The molecule has 0 saturated heterocycles. The van der Waals surface area contributed by atoms with Crippen LogP contribution in [0.25, 0.3) is 32.7 Å². The summed E-state index contributed by atoms with van der Waals surface area (Å²) in [5.74, 6) is 1.55. The van der Waals surface area contributed by atoms with E-state index in [-0.39, 0.29) is 0 Å². The van der Waals surface area contributed by atoms with E-state index in [9.17, 15) is 0 Å². The quantitative estimate of drug-likeness (QED) is 0.200. The van der Waals surface area contributed by atoms with Crippen molar-refractivity contribution < 1.29 is 9.05 Å². The van der Waals surface area contributed by atoms with Gasteiger partial charge in [0.05, 0.1) is 0 Å². The third kappa shape index (κ3) is 2.53. The molecular weight excluding hydrogens is 414 g/mol. The van der Waals surface area contributed by atoms with Gasteiger partial charge in [-0.2, -0.15) is 0 Å². The van der Waals surface area contributed by atoms with Crippen LogP contribution in [0.4, 0.5) is 0 Å². The molecule has 0 bridgehead atoms. The molecule has 2 nitrogen and oxygen atoms in total. The van der Waals surface area contributed by atoms with Gasteiger partial charge in [0.25, 0.3) is 0 Å². The molecule has 0 unspecified atom stereocenters. The average molecular weight is 426 g/mol. The molecule has 0 amide bonds.